The van der Waals surface area contributed by atoms with E-state index in [9.17, 15) is 9.59 Å². The Bertz CT molecular complexity index is 180. The maximum Gasteiger partial charge on any atom is 0.363 e. The molecule has 0 bridgehead atoms. The van der Waals surface area contributed by atoms with E-state index in [-0.39, 0.29) is 12.8 Å². The van der Waals surface area contributed by atoms with Crippen LogP contribution in [0.2, 0.25) is 0 Å². The van der Waals surface area contributed by atoms with Gasteiger partial charge in [0.15, 0.2) is 0 Å². The molecule has 0 radical (unpaired) electrons. The third-order valence-corrected chi connectivity index (χ3v) is 1.21. The number of nitrogens with two attached hydrogens (primary N) is 1. The van der Waals surface area contributed by atoms with Gasteiger partial charge in [-0.1, -0.05) is 0 Å². The zero-order valence-electron chi connectivity index (χ0n) is 5.61. The first-order valence-corrected chi connectivity index (χ1v) is 3.03. The van der Waals surface area contributed by atoms with E-state index in [4.69, 9.17) is 5.73 Å². The fourth-order valence-corrected chi connectivity index (χ4v) is 0.583. The summed E-state index contributed by atoms with van der Waals surface area (Å²) in [7, 11) is 0. The lowest BCUT2D eigenvalue weighted by Crippen LogP contribution is -2.35. The first kappa shape index (κ1) is 7.96. The predicted molar refractivity (Wildman–Crippen MR) is 30.5 cm³/mol. The van der Waals surface area contributed by atoms with Gasteiger partial charge in [0, 0.05) is 5.04 Å². The average Bonchev–Trinajstić information content (AvgIpc) is 1.98. The van der Waals surface area contributed by atoms with Crippen molar-refractivity contribution < 1.29 is 24.4 Å². The standard InChI is InChI=1S/C5H7NO5/c6-3-1-2-4(7)9-11-10-5(3)8/h3H,1-2,6H2/t3-/m1/s1. The first-order valence-electron chi connectivity index (χ1n) is 3.03. The lowest BCUT2D eigenvalue weighted by atomic mass is 10.2. The van der Waals surface area contributed by atoms with Crippen molar-refractivity contribution in [1.29, 1.82) is 0 Å². The van der Waals surface area contributed by atoms with E-state index in [1.807, 2.05) is 0 Å². The van der Waals surface area contributed by atoms with Crippen LogP contribution in [0.5, 0.6) is 0 Å². The molecule has 0 spiro atoms. The van der Waals surface area contributed by atoms with Crippen LogP contribution in [0.4, 0.5) is 0 Å². The monoisotopic (exact) mass is 161 g/mol. The Morgan fingerprint density at radius 1 is 1.36 bits per heavy atom. The lowest BCUT2D eigenvalue weighted by Gasteiger charge is -2.11. The quantitative estimate of drug-likeness (QED) is 0.460. The van der Waals surface area contributed by atoms with E-state index >= 15 is 0 Å². The molecule has 1 aliphatic heterocycles. The lowest BCUT2D eigenvalue weighted by molar-refractivity contribution is -0.461. The van der Waals surface area contributed by atoms with Crippen molar-refractivity contribution in [2.75, 3.05) is 0 Å². The van der Waals surface area contributed by atoms with Gasteiger partial charge in [0.05, 0.1) is 6.42 Å². The Morgan fingerprint density at radius 3 is 2.82 bits per heavy atom. The predicted octanol–water partition coefficient (Wildman–Crippen LogP) is -0.960. The van der Waals surface area contributed by atoms with Gasteiger partial charge in [0.25, 0.3) is 0 Å². The molecule has 0 aromatic rings. The fraction of sp³-hybridized carbons (Fsp3) is 0.600. The van der Waals surface area contributed by atoms with E-state index in [1.165, 1.54) is 0 Å². The molecule has 6 nitrogen and oxygen atoms in total. The summed E-state index contributed by atoms with van der Waals surface area (Å²) in [6, 6.07) is -0.817. The Labute approximate surface area is 62.1 Å². The minimum Gasteiger partial charge on any atom is -0.318 e. The van der Waals surface area contributed by atoms with Crippen molar-refractivity contribution in [1.82, 2.24) is 0 Å². The molecule has 0 aliphatic carbocycles. The van der Waals surface area contributed by atoms with Crippen LogP contribution in [0.25, 0.3) is 0 Å². The summed E-state index contributed by atoms with van der Waals surface area (Å²) in [4.78, 5) is 29.0. The third kappa shape index (κ3) is 2.17. The Morgan fingerprint density at radius 2 is 2.09 bits per heavy atom. The summed E-state index contributed by atoms with van der Waals surface area (Å²) < 4.78 is 0. The molecule has 0 saturated carbocycles. The van der Waals surface area contributed by atoms with Crippen LogP contribution >= 0.6 is 0 Å². The van der Waals surface area contributed by atoms with Gasteiger partial charge in [0.1, 0.15) is 6.04 Å². The molecule has 1 atom stereocenters. The van der Waals surface area contributed by atoms with Gasteiger partial charge in [0.2, 0.25) is 0 Å². The molecule has 1 heterocycles. The van der Waals surface area contributed by atoms with E-state index in [1.54, 1.807) is 0 Å². The third-order valence-electron chi connectivity index (χ3n) is 1.21. The zero-order valence-corrected chi connectivity index (χ0v) is 5.61. The van der Waals surface area contributed by atoms with Gasteiger partial charge < -0.3 is 5.73 Å². The summed E-state index contributed by atoms with van der Waals surface area (Å²) in [5.41, 5.74) is 5.25. The highest BCUT2D eigenvalue weighted by Gasteiger charge is 2.22. The summed E-state index contributed by atoms with van der Waals surface area (Å²) in [6.07, 6.45) is 0.261. The molecule has 1 rings (SSSR count). The highest BCUT2D eigenvalue weighted by molar-refractivity contribution is 5.77. The van der Waals surface area contributed by atoms with Crippen LogP contribution in [0.15, 0.2) is 0 Å². The Hall–Kier alpha value is -1.14. The average molecular weight is 161 g/mol. The molecule has 6 heteroatoms. The van der Waals surface area contributed by atoms with Crippen LogP contribution in [0.1, 0.15) is 12.8 Å². The minimum absolute atomic E-state index is 0.0519. The maximum atomic E-state index is 10.6. The number of hydrogen-bond acceptors (Lipinski definition) is 6. The molecule has 11 heavy (non-hydrogen) atoms. The normalized spacial score (nSPS) is 26.5. The van der Waals surface area contributed by atoms with Crippen molar-refractivity contribution in [2.24, 2.45) is 5.73 Å². The molecule has 2 N–H and O–H groups in total. The number of hydrogen-bond donors (Lipinski definition) is 1. The van der Waals surface area contributed by atoms with E-state index in [0.29, 0.717) is 0 Å². The van der Waals surface area contributed by atoms with Gasteiger partial charge in [-0.2, -0.15) is 0 Å². The SMILES string of the molecule is N[C@@H]1CCC(=O)OOOC1=O. The van der Waals surface area contributed by atoms with Crippen molar-refractivity contribution in [3.63, 3.8) is 0 Å². The molecular formula is C5H7NO5. The topological polar surface area (TPSA) is 87.9 Å². The molecule has 1 fully saturated rings. The van der Waals surface area contributed by atoms with Gasteiger partial charge in [-0.3, -0.25) is 9.78 Å². The van der Waals surface area contributed by atoms with Gasteiger partial charge >= 0.3 is 11.9 Å². The maximum absolute atomic E-state index is 10.6. The van der Waals surface area contributed by atoms with Crippen molar-refractivity contribution >= 4 is 11.9 Å². The minimum atomic E-state index is -0.817. The molecule has 1 aliphatic rings. The molecule has 62 valence electrons. The highest BCUT2D eigenvalue weighted by atomic mass is 17.5. The van der Waals surface area contributed by atoms with Gasteiger partial charge in [-0.15, -0.1) is 0 Å². The largest absolute Gasteiger partial charge is 0.363 e. The van der Waals surface area contributed by atoms with Gasteiger partial charge in [-0.05, 0) is 6.42 Å². The van der Waals surface area contributed by atoms with E-state index in [2.05, 4.69) is 14.8 Å². The van der Waals surface area contributed by atoms with Crippen molar-refractivity contribution in [2.45, 2.75) is 18.9 Å². The smallest absolute Gasteiger partial charge is 0.318 e. The molecule has 0 amide bonds. The summed E-state index contributed by atoms with van der Waals surface area (Å²) in [5.74, 6) is -1.34. The second kappa shape index (κ2) is 3.31. The van der Waals surface area contributed by atoms with Crippen LogP contribution in [-0.4, -0.2) is 18.0 Å². The fourth-order valence-electron chi connectivity index (χ4n) is 0.583. The Kier molecular flexibility index (Phi) is 2.40. The first-order chi connectivity index (χ1) is 5.20. The van der Waals surface area contributed by atoms with Crippen molar-refractivity contribution in [3.8, 4) is 0 Å². The zero-order chi connectivity index (χ0) is 8.27. The number of rotatable bonds is 0. The van der Waals surface area contributed by atoms with Gasteiger partial charge in [-0.25, -0.2) is 9.59 Å². The molecule has 0 unspecified atom stereocenters. The molecule has 1 saturated heterocycles. The van der Waals surface area contributed by atoms with Crippen molar-refractivity contribution in [3.05, 3.63) is 0 Å². The summed E-state index contributed by atoms with van der Waals surface area (Å²) in [5, 5.41) is 3.79. The number of carbonyl (C=O) groups is 2. The van der Waals surface area contributed by atoms with Crippen LogP contribution in [-0.2, 0) is 24.4 Å². The summed E-state index contributed by atoms with van der Waals surface area (Å²) >= 11 is 0. The Balaban J connectivity index is 2.47. The van der Waals surface area contributed by atoms with Crippen LogP contribution in [0, 0.1) is 0 Å². The number of carbonyl (C=O) groups excluding carboxylic acids is 2. The molecular weight excluding hydrogens is 154 g/mol. The second-order valence-electron chi connectivity index (χ2n) is 2.07. The molecule has 0 aromatic heterocycles. The van der Waals surface area contributed by atoms with Crippen LogP contribution < -0.4 is 5.73 Å². The van der Waals surface area contributed by atoms with E-state index in [0.717, 1.165) is 0 Å². The summed E-state index contributed by atoms with van der Waals surface area (Å²) in [6.45, 7) is 0. The second-order valence-corrected chi connectivity index (χ2v) is 2.07. The van der Waals surface area contributed by atoms with Crippen LogP contribution in [0.3, 0.4) is 0 Å². The molecule has 0 aromatic carbocycles. The van der Waals surface area contributed by atoms with E-state index < -0.39 is 18.0 Å². The highest BCUT2D eigenvalue weighted by Crippen LogP contribution is 2.03.